The molecule has 4 N–H and O–H groups in total. The molecule has 1 aliphatic rings. The second-order valence-corrected chi connectivity index (χ2v) is 6.32. The van der Waals surface area contributed by atoms with E-state index < -0.39 is 11.7 Å². The van der Waals surface area contributed by atoms with Crippen LogP contribution in [0.4, 0.5) is 9.59 Å². The van der Waals surface area contributed by atoms with E-state index in [0.717, 1.165) is 4.90 Å². The number of carbonyl (C=O) groups is 3. The summed E-state index contributed by atoms with van der Waals surface area (Å²) in [5.74, 6) is 0.302. The molecule has 26 heavy (non-hydrogen) atoms. The number of aliphatic imine (C=N–C) groups is 1. The van der Waals surface area contributed by atoms with E-state index in [1.54, 1.807) is 20.8 Å². The number of rotatable bonds is 7. The molecule has 4 amide bonds. The van der Waals surface area contributed by atoms with E-state index in [4.69, 9.17) is 4.74 Å². The Kier molecular flexibility index (Phi) is 10.9. The maximum absolute atomic E-state index is 11.5. The summed E-state index contributed by atoms with van der Waals surface area (Å²) in [7, 11) is 0. The normalized spacial score (nSPS) is 14.5. The van der Waals surface area contributed by atoms with Crippen LogP contribution in [-0.4, -0.2) is 73.8 Å². The molecule has 0 aliphatic carbocycles. The van der Waals surface area contributed by atoms with Gasteiger partial charge in [0.1, 0.15) is 5.60 Å². The Labute approximate surface area is 170 Å². The van der Waals surface area contributed by atoms with Gasteiger partial charge in [0.2, 0.25) is 5.91 Å². The number of halogens is 1. The number of amides is 4. The Bertz CT molecular complexity index is 505. The molecule has 1 fully saturated rings. The molecular formula is C15H29IN6O4. The van der Waals surface area contributed by atoms with Gasteiger partial charge in [0.25, 0.3) is 0 Å². The van der Waals surface area contributed by atoms with Crippen molar-refractivity contribution in [1.29, 1.82) is 0 Å². The quantitative estimate of drug-likeness (QED) is 0.135. The van der Waals surface area contributed by atoms with E-state index in [2.05, 4.69) is 26.3 Å². The van der Waals surface area contributed by atoms with Crippen LogP contribution in [0.1, 0.15) is 27.7 Å². The van der Waals surface area contributed by atoms with E-state index in [0.29, 0.717) is 32.1 Å². The van der Waals surface area contributed by atoms with Gasteiger partial charge in [-0.05, 0) is 27.7 Å². The van der Waals surface area contributed by atoms with Crippen LogP contribution in [0.2, 0.25) is 0 Å². The van der Waals surface area contributed by atoms with E-state index in [-0.39, 0.29) is 49.0 Å². The molecule has 0 saturated carbocycles. The molecule has 0 aromatic carbocycles. The smallest absolute Gasteiger partial charge is 0.407 e. The van der Waals surface area contributed by atoms with Crippen molar-refractivity contribution < 1.29 is 19.1 Å². The monoisotopic (exact) mass is 484 g/mol. The first kappa shape index (κ1) is 24.2. The SMILES string of the molecule is CCNC(=NCCNC(=O)OC(C)(C)C)NCCN1C(=O)CNC1=O.I. The molecule has 11 heteroatoms. The van der Waals surface area contributed by atoms with E-state index in [9.17, 15) is 14.4 Å². The summed E-state index contributed by atoms with van der Waals surface area (Å²) in [5.41, 5.74) is -0.539. The lowest BCUT2D eigenvalue weighted by Crippen LogP contribution is -2.43. The minimum absolute atomic E-state index is 0. The van der Waals surface area contributed by atoms with Gasteiger partial charge in [0.15, 0.2) is 5.96 Å². The van der Waals surface area contributed by atoms with E-state index in [1.165, 1.54) is 0 Å². The molecule has 0 aromatic heterocycles. The summed E-state index contributed by atoms with van der Waals surface area (Å²) < 4.78 is 5.13. The molecule has 0 radical (unpaired) electrons. The number of nitrogens with one attached hydrogen (secondary N) is 4. The van der Waals surface area contributed by atoms with Crippen LogP contribution in [0, 0.1) is 0 Å². The van der Waals surface area contributed by atoms with Gasteiger partial charge >= 0.3 is 12.1 Å². The average molecular weight is 484 g/mol. The average Bonchev–Trinajstić information content (AvgIpc) is 2.81. The lowest BCUT2D eigenvalue weighted by atomic mass is 10.2. The molecule has 0 unspecified atom stereocenters. The van der Waals surface area contributed by atoms with Crippen LogP contribution in [0.15, 0.2) is 4.99 Å². The zero-order valence-electron chi connectivity index (χ0n) is 15.7. The number of hydrogen-bond acceptors (Lipinski definition) is 5. The van der Waals surface area contributed by atoms with E-state index in [1.807, 2.05) is 6.92 Å². The van der Waals surface area contributed by atoms with Gasteiger partial charge in [-0.1, -0.05) is 0 Å². The van der Waals surface area contributed by atoms with Crippen LogP contribution in [0.25, 0.3) is 0 Å². The number of alkyl carbamates (subject to hydrolysis) is 1. The third kappa shape index (κ3) is 9.63. The summed E-state index contributed by atoms with van der Waals surface area (Å²) in [5, 5.41) is 11.2. The van der Waals surface area contributed by atoms with Gasteiger partial charge in [-0.25, -0.2) is 9.59 Å². The van der Waals surface area contributed by atoms with Crippen molar-refractivity contribution in [3.8, 4) is 0 Å². The highest BCUT2D eigenvalue weighted by Gasteiger charge is 2.27. The Morgan fingerprint density at radius 1 is 1.23 bits per heavy atom. The second-order valence-electron chi connectivity index (χ2n) is 6.32. The van der Waals surface area contributed by atoms with E-state index >= 15 is 0 Å². The maximum Gasteiger partial charge on any atom is 0.407 e. The molecule has 0 bridgehead atoms. The summed E-state index contributed by atoms with van der Waals surface area (Å²) in [6.45, 7) is 9.34. The molecule has 1 saturated heterocycles. The molecule has 150 valence electrons. The van der Waals surface area contributed by atoms with Crippen molar-refractivity contribution in [2.75, 3.05) is 39.3 Å². The Morgan fingerprint density at radius 2 is 1.92 bits per heavy atom. The van der Waals surface area contributed by atoms with Gasteiger partial charge < -0.3 is 26.0 Å². The predicted octanol–water partition coefficient (Wildman–Crippen LogP) is 0.236. The Morgan fingerprint density at radius 3 is 2.46 bits per heavy atom. The maximum atomic E-state index is 11.5. The van der Waals surface area contributed by atoms with Crippen molar-refractivity contribution >= 4 is 48.0 Å². The van der Waals surface area contributed by atoms with Crippen LogP contribution in [-0.2, 0) is 9.53 Å². The fourth-order valence-corrected chi connectivity index (χ4v) is 1.95. The molecular weight excluding hydrogens is 455 g/mol. The fraction of sp³-hybridized carbons (Fsp3) is 0.733. The summed E-state index contributed by atoms with van der Waals surface area (Å²) in [4.78, 5) is 39.9. The minimum atomic E-state index is -0.539. The summed E-state index contributed by atoms with van der Waals surface area (Å²) in [6, 6.07) is -0.379. The highest BCUT2D eigenvalue weighted by atomic mass is 127. The van der Waals surface area contributed by atoms with Gasteiger partial charge in [0, 0.05) is 26.2 Å². The number of ether oxygens (including phenoxy) is 1. The number of urea groups is 1. The Hall–Kier alpha value is -1.79. The lowest BCUT2D eigenvalue weighted by Gasteiger charge is -2.19. The molecule has 0 atom stereocenters. The third-order valence-corrected chi connectivity index (χ3v) is 2.96. The van der Waals surface area contributed by atoms with Gasteiger partial charge in [-0.15, -0.1) is 24.0 Å². The van der Waals surface area contributed by atoms with Gasteiger partial charge in [-0.3, -0.25) is 14.7 Å². The number of hydrogen-bond donors (Lipinski definition) is 4. The van der Waals surface area contributed by atoms with Crippen LogP contribution < -0.4 is 21.3 Å². The first-order valence-corrected chi connectivity index (χ1v) is 8.30. The molecule has 0 aromatic rings. The van der Waals surface area contributed by atoms with Crippen LogP contribution in [0.5, 0.6) is 0 Å². The van der Waals surface area contributed by atoms with Gasteiger partial charge in [0.05, 0.1) is 13.1 Å². The minimum Gasteiger partial charge on any atom is -0.444 e. The van der Waals surface area contributed by atoms with Crippen molar-refractivity contribution in [2.45, 2.75) is 33.3 Å². The highest BCUT2D eigenvalue weighted by molar-refractivity contribution is 14.0. The molecule has 1 heterocycles. The highest BCUT2D eigenvalue weighted by Crippen LogP contribution is 2.06. The largest absolute Gasteiger partial charge is 0.444 e. The Balaban J connectivity index is 0.00000625. The number of carbonyl (C=O) groups excluding carboxylic acids is 3. The van der Waals surface area contributed by atoms with Crippen LogP contribution >= 0.6 is 24.0 Å². The number of nitrogens with zero attached hydrogens (tertiary/aromatic N) is 2. The standard InChI is InChI=1S/C15H28N6O4.HI/c1-5-16-12(17-6-7-19-14(24)25-15(2,3)4)18-8-9-21-11(22)10-20-13(21)23;/h5-10H2,1-4H3,(H,19,24)(H,20,23)(H2,16,17,18);1H. The third-order valence-electron chi connectivity index (χ3n) is 2.96. The number of imide groups is 1. The van der Waals surface area contributed by atoms with Crippen LogP contribution in [0.3, 0.4) is 0 Å². The summed E-state index contributed by atoms with van der Waals surface area (Å²) >= 11 is 0. The topological polar surface area (TPSA) is 124 Å². The predicted molar refractivity (Wildman–Crippen MR) is 109 cm³/mol. The zero-order chi connectivity index (χ0) is 18.9. The second kappa shape index (κ2) is 11.8. The molecule has 1 rings (SSSR count). The van der Waals surface area contributed by atoms with Crippen molar-refractivity contribution in [3.05, 3.63) is 0 Å². The fourth-order valence-electron chi connectivity index (χ4n) is 1.95. The van der Waals surface area contributed by atoms with Crippen molar-refractivity contribution in [2.24, 2.45) is 4.99 Å². The number of guanidine groups is 1. The zero-order valence-corrected chi connectivity index (χ0v) is 18.0. The molecule has 0 spiro atoms. The first-order valence-electron chi connectivity index (χ1n) is 8.30. The van der Waals surface area contributed by atoms with Gasteiger partial charge in [-0.2, -0.15) is 0 Å². The van der Waals surface area contributed by atoms with Crippen molar-refractivity contribution in [1.82, 2.24) is 26.2 Å². The summed E-state index contributed by atoms with van der Waals surface area (Å²) in [6.07, 6.45) is -0.487. The van der Waals surface area contributed by atoms with Crippen molar-refractivity contribution in [3.63, 3.8) is 0 Å². The lowest BCUT2D eigenvalue weighted by molar-refractivity contribution is -0.124. The molecule has 1 aliphatic heterocycles. The molecule has 10 nitrogen and oxygen atoms in total. The first-order chi connectivity index (χ1) is 11.7.